The van der Waals surface area contributed by atoms with Crippen molar-refractivity contribution in [3.63, 3.8) is 0 Å². The Morgan fingerprint density at radius 3 is 2.57 bits per heavy atom. The summed E-state index contributed by atoms with van der Waals surface area (Å²) in [5.41, 5.74) is 1.92. The van der Waals surface area contributed by atoms with Crippen LogP contribution in [-0.2, 0) is 0 Å². The predicted octanol–water partition coefficient (Wildman–Crippen LogP) is 3.52. The highest BCUT2D eigenvalue weighted by Gasteiger charge is 2.23. The molecular formula is C23H30N2O3. The molecular weight excluding hydrogens is 352 g/mol. The molecule has 3 rings (SSSR count). The summed E-state index contributed by atoms with van der Waals surface area (Å²) >= 11 is 0. The van der Waals surface area contributed by atoms with Crippen molar-refractivity contribution in [3.05, 3.63) is 59.7 Å². The summed E-state index contributed by atoms with van der Waals surface area (Å²) in [6.45, 7) is 6.03. The Labute approximate surface area is 167 Å². The Kier molecular flexibility index (Phi) is 7.31. The largest absolute Gasteiger partial charge is 0.493 e. The van der Waals surface area contributed by atoms with Crippen molar-refractivity contribution in [1.29, 1.82) is 0 Å². The first-order valence-corrected chi connectivity index (χ1v) is 10.00. The summed E-state index contributed by atoms with van der Waals surface area (Å²) in [4.78, 5) is 14.6. The van der Waals surface area contributed by atoms with E-state index in [1.165, 1.54) is 0 Å². The number of aryl methyl sites for hydroxylation is 1. The third kappa shape index (κ3) is 5.49. The van der Waals surface area contributed by atoms with Gasteiger partial charge >= 0.3 is 0 Å². The highest BCUT2D eigenvalue weighted by atomic mass is 16.5. The van der Waals surface area contributed by atoms with Crippen LogP contribution in [0.4, 0.5) is 0 Å². The van der Waals surface area contributed by atoms with Crippen LogP contribution in [0.2, 0.25) is 0 Å². The molecule has 5 nitrogen and oxygen atoms in total. The van der Waals surface area contributed by atoms with E-state index in [1.807, 2.05) is 60.4 Å². The highest BCUT2D eigenvalue weighted by Crippen LogP contribution is 2.25. The van der Waals surface area contributed by atoms with E-state index in [0.29, 0.717) is 12.5 Å². The molecule has 0 radical (unpaired) electrons. The molecule has 28 heavy (non-hydrogen) atoms. The molecule has 1 aliphatic rings. The Morgan fingerprint density at radius 2 is 1.86 bits per heavy atom. The Bertz CT molecular complexity index is 770. The van der Waals surface area contributed by atoms with E-state index in [4.69, 9.17) is 9.47 Å². The average molecular weight is 383 g/mol. The summed E-state index contributed by atoms with van der Waals surface area (Å²) in [6, 6.07) is 15.5. The maximum absolute atomic E-state index is 12.6. The zero-order chi connectivity index (χ0) is 19.8. The van der Waals surface area contributed by atoms with Gasteiger partial charge in [0.2, 0.25) is 0 Å². The molecule has 0 aliphatic carbocycles. The van der Waals surface area contributed by atoms with Gasteiger partial charge in [0.15, 0.2) is 11.5 Å². The van der Waals surface area contributed by atoms with Crippen LogP contribution in [0.15, 0.2) is 48.5 Å². The van der Waals surface area contributed by atoms with Crippen LogP contribution in [0.1, 0.15) is 28.8 Å². The fourth-order valence-electron chi connectivity index (χ4n) is 3.58. The molecule has 0 saturated carbocycles. The van der Waals surface area contributed by atoms with Gasteiger partial charge in [-0.3, -0.25) is 4.79 Å². The van der Waals surface area contributed by atoms with Crippen LogP contribution >= 0.6 is 0 Å². The molecule has 1 saturated heterocycles. The lowest BCUT2D eigenvalue weighted by Gasteiger charge is -2.32. The second kappa shape index (κ2) is 10.1. The monoisotopic (exact) mass is 382 g/mol. The number of para-hydroxylation sites is 2. The number of hydrogen-bond acceptors (Lipinski definition) is 4. The van der Waals surface area contributed by atoms with Crippen LogP contribution in [0.25, 0.3) is 0 Å². The number of methoxy groups -OCH3 is 1. The number of carbonyl (C=O) groups is 1. The molecule has 0 unspecified atom stereocenters. The average Bonchev–Trinajstić information content (AvgIpc) is 2.74. The van der Waals surface area contributed by atoms with E-state index in [1.54, 1.807) is 7.11 Å². The van der Waals surface area contributed by atoms with E-state index in [2.05, 4.69) is 5.32 Å². The van der Waals surface area contributed by atoms with Gasteiger partial charge in [0.25, 0.3) is 5.91 Å². The number of ether oxygens (including phenoxy) is 2. The van der Waals surface area contributed by atoms with Gasteiger partial charge in [-0.25, -0.2) is 0 Å². The minimum atomic E-state index is 0.153. The Hall–Kier alpha value is -2.53. The molecule has 1 amide bonds. The smallest absolute Gasteiger partial charge is 0.253 e. The molecule has 150 valence electrons. The number of rotatable bonds is 8. The number of nitrogens with one attached hydrogen (secondary N) is 1. The maximum atomic E-state index is 12.6. The topological polar surface area (TPSA) is 50.8 Å². The molecule has 0 spiro atoms. The first kappa shape index (κ1) is 20.2. The van der Waals surface area contributed by atoms with Gasteiger partial charge in [-0.15, -0.1) is 0 Å². The molecule has 0 atom stereocenters. The quantitative estimate of drug-likeness (QED) is 0.710. The van der Waals surface area contributed by atoms with Crippen molar-refractivity contribution in [2.24, 2.45) is 5.92 Å². The third-order valence-corrected chi connectivity index (χ3v) is 5.21. The highest BCUT2D eigenvalue weighted by molar-refractivity contribution is 5.94. The zero-order valence-corrected chi connectivity index (χ0v) is 16.8. The number of benzene rings is 2. The van der Waals surface area contributed by atoms with Gasteiger partial charge in [0, 0.05) is 25.2 Å². The number of carbonyl (C=O) groups excluding carboxylic acids is 1. The van der Waals surface area contributed by atoms with Gasteiger partial charge in [-0.05, 0) is 56.5 Å². The van der Waals surface area contributed by atoms with Crippen LogP contribution in [0.5, 0.6) is 11.5 Å². The molecule has 1 heterocycles. The molecule has 1 aliphatic heterocycles. The first-order valence-electron chi connectivity index (χ1n) is 10.00. The molecule has 5 heteroatoms. The Balaban J connectivity index is 1.34. The lowest BCUT2D eigenvalue weighted by Crippen LogP contribution is -2.41. The summed E-state index contributed by atoms with van der Waals surface area (Å²) in [6.07, 6.45) is 2.08. The number of hydrogen-bond donors (Lipinski definition) is 1. The normalized spacial score (nSPS) is 14.7. The fraction of sp³-hybridized carbons (Fsp3) is 0.435. The number of likely N-dealkylation sites (tertiary alicyclic amines) is 1. The lowest BCUT2D eigenvalue weighted by atomic mass is 9.96. The van der Waals surface area contributed by atoms with Crippen LogP contribution in [0.3, 0.4) is 0 Å². The van der Waals surface area contributed by atoms with Crippen molar-refractivity contribution in [2.45, 2.75) is 19.8 Å². The molecule has 1 N–H and O–H groups in total. The molecule has 2 aromatic rings. The summed E-state index contributed by atoms with van der Waals surface area (Å²) in [5, 5.41) is 3.48. The SMILES string of the molecule is COc1ccccc1OCCNCC1CCN(C(=O)c2cccc(C)c2)CC1. The van der Waals surface area contributed by atoms with E-state index < -0.39 is 0 Å². The van der Waals surface area contributed by atoms with Gasteiger partial charge in [-0.2, -0.15) is 0 Å². The maximum Gasteiger partial charge on any atom is 0.253 e. The van der Waals surface area contributed by atoms with Crippen molar-refractivity contribution in [1.82, 2.24) is 10.2 Å². The van der Waals surface area contributed by atoms with E-state index in [-0.39, 0.29) is 5.91 Å². The lowest BCUT2D eigenvalue weighted by molar-refractivity contribution is 0.0689. The van der Waals surface area contributed by atoms with E-state index in [9.17, 15) is 4.79 Å². The van der Waals surface area contributed by atoms with Crippen LogP contribution < -0.4 is 14.8 Å². The molecule has 2 aromatic carbocycles. The number of piperidine rings is 1. The number of amides is 1. The van der Waals surface area contributed by atoms with Gasteiger partial charge < -0.3 is 19.7 Å². The van der Waals surface area contributed by atoms with Crippen molar-refractivity contribution in [3.8, 4) is 11.5 Å². The van der Waals surface area contributed by atoms with Crippen LogP contribution in [-0.4, -0.2) is 50.7 Å². The Morgan fingerprint density at radius 1 is 1.11 bits per heavy atom. The van der Waals surface area contributed by atoms with Crippen molar-refractivity contribution in [2.75, 3.05) is 39.9 Å². The van der Waals surface area contributed by atoms with Gasteiger partial charge in [0.05, 0.1) is 7.11 Å². The molecule has 0 aromatic heterocycles. The van der Waals surface area contributed by atoms with E-state index >= 15 is 0 Å². The zero-order valence-electron chi connectivity index (χ0n) is 16.8. The molecule has 0 bridgehead atoms. The van der Waals surface area contributed by atoms with Crippen LogP contribution in [0, 0.1) is 12.8 Å². The second-order valence-electron chi connectivity index (χ2n) is 7.31. The predicted molar refractivity (Wildman–Crippen MR) is 111 cm³/mol. The molecule has 1 fully saturated rings. The summed E-state index contributed by atoms with van der Waals surface area (Å²) < 4.78 is 11.1. The fourth-order valence-corrected chi connectivity index (χ4v) is 3.58. The minimum absolute atomic E-state index is 0.153. The first-order chi connectivity index (χ1) is 13.7. The summed E-state index contributed by atoms with van der Waals surface area (Å²) in [7, 11) is 1.65. The van der Waals surface area contributed by atoms with Gasteiger partial charge in [-0.1, -0.05) is 29.8 Å². The standard InChI is InChI=1S/C23H30N2O3/c1-18-6-5-7-20(16-18)23(26)25-13-10-19(11-14-25)17-24-12-15-28-22-9-4-3-8-21(22)27-2/h3-9,16,19,24H,10-15,17H2,1-2H3. The van der Waals surface area contributed by atoms with Crippen molar-refractivity contribution < 1.29 is 14.3 Å². The second-order valence-corrected chi connectivity index (χ2v) is 7.31. The minimum Gasteiger partial charge on any atom is -0.493 e. The van der Waals surface area contributed by atoms with Crippen molar-refractivity contribution >= 4 is 5.91 Å². The number of nitrogens with zero attached hydrogens (tertiary/aromatic N) is 1. The van der Waals surface area contributed by atoms with E-state index in [0.717, 1.165) is 61.6 Å². The third-order valence-electron chi connectivity index (χ3n) is 5.21. The van der Waals surface area contributed by atoms with Gasteiger partial charge in [0.1, 0.15) is 6.61 Å². The summed E-state index contributed by atoms with van der Waals surface area (Å²) in [5.74, 6) is 2.29.